The van der Waals surface area contributed by atoms with Crippen LogP contribution in [0.5, 0.6) is 0 Å². The van der Waals surface area contributed by atoms with Crippen molar-refractivity contribution in [1.29, 1.82) is 0 Å². The fourth-order valence-electron chi connectivity index (χ4n) is 2.73. The Morgan fingerprint density at radius 3 is 2.27 bits per heavy atom. The number of nitrogens with zero attached hydrogens (tertiary/aromatic N) is 2. The first-order valence-electron chi connectivity index (χ1n) is 6.54. The van der Waals surface area contributed by atoms with Gasteiger partial charge in [0.15, 0.2) is 5.69 Å². The third kappa shape index (κ3) is 2.37. The van der Waals surface area contributed by atoms with E-state index in [0.717, 1.165) is 0 Å². The second kappa shape index (κ2) is 4.36. The van der Waals surface area contributed by atoms with E-state index in [1.807, 2.05) is 0 Å². The van der Waals surface area contributed by atoms with Crippen LogP contribution < -0.4 is 0 Å². The molecule has 0 spiro atoms. The van der Waals surface area contributed by atoms with Crippen LogP contribution >= 0.6 is 0 Å². The molecule has 1 unspecified atom stereocenters. The minimum atomic E-state index is -5.05. The number of hydrogen-bond acceptors (Lipinski definition) is 2. The van der Waals surface area contributed by atoms with E-state index in [-0.39, 0.29) is 5.69 Å². The highest BCUT2D eigenvalue weighted by molar-refractivity contribution is 5.35. The molecule has 3 rings (SSSR count). The first-order valence-corrected chi connectivity index (χ1v) is 6.54. The number of aromatic nitrogens is 2. The molecule has 2 aliphatic carbocycles. The van der Waals surface area contributed by atoms with Crippen molar-refractivity contribution in [2.24, 2.45) is 5.92 Å². The van der Waals surface area contributed by atoms with Crippen molar-refractivity contribution in [2.45, 2.75) is 49.9 Å². The normalized spacial score (nSPS) is 29.3. The number of halogens is 7. The monoisotopic (exact) mass is 332 g/mol. The van der Waals surface area contributed by atoms with Gasteiger partial charge in [-0.15, -0.1) is 0 Å². The topological polar surface area (TPSA) is 38.1 Å². The van der Waals surface area contributed by atoms with Crippen LogP contribution in [-0.2, 0) is 19.1 Å². The van der Waals surface area contributed by atoms with Gasteiger partial charge in [0.25, 0.3) is 11.8 Å². The maximum atomic E-state index is 13.5. The highest BCUT2D eigenvalue weighted by Gasteiger charge is 2.58. The number of fused-ring (bicyclic) bond motifs is 1. The Kier molecular flexibility index (Phi) is 3.09. The van der Waals surface area contributed by atoms with E-state index in [4.69, 9.17) is 0 Å². The second-order valence-corrected chi connectivity index (χ2v) is 5.71. The van der Waals surface area contributed by atoms with Gasteiger partial charge in [-0.05, 0) is 6.42 Å². The molecule has 124 valence electrons. The first-order chi connectivity index (χ1) is 9.93. The summed E-state index contributed by atoms with van der Waals surface area (Å²) in [5.41, 5.74) is -2.86. The summed E-state index contributed by atoms with van der Waals surface area (Å²) in [4.78, 5) is 0. The Labute approximate surface area is 119 Å². The molecule has 1 fully saturated rings. The van der Waals surface area contributed by atoms with E-state index in [1.165, 1.54) is 0 Å². The van der Waals surface area contributed by atoms with Gasteiger partial charge >= 0.3 is 6.18 Å². The lowest BCUT2D eigenvalue weighted by molar-refractivity contribution is -0.150. The van der Waals surface area contributed by atoms with E-state index in [1.54, 1.807) is 0 Å². The average molecular weight is 332 g/mol. The van der Waals surface area contributed by atoms with Gasteiger partial charge in [-0.25, -0.2) is 17.6 Å². The Balaban J connectivity index is 2.04. The van der Waals surface area contributed by atoms with Gasteiger partial charge in [-0.2, -0.15) is 18.3 Å². The van der Waals surface area contributed by atoms with E-state index < -0.39 is 67.1 Å². The standard InChI is InChI=1S/C12H11F7N2O/c13-10(14)2-1-6-7(9(10)22)8(12(17,18)19)20-21(6)4-5-3-11(5,15)16/h5,9,22H,1-4H2/t5?,9-/m0/s1. The van der Waals surface area contributed by atoms with Crippen LogP contribution in [0.1, 0.15) is 35.9 Å². The van der Waals surface area contributed by atoms with Crippen LogP contribution in [0.3, 0.4) is 0 Å². The molecule has 3 nitrogen and oxygen atoms in total. The third-order valence-electron chi connectivity index (χ3n) is 4.08. The molecule has 0 radical (unpaired) electrons. The van der Waals surface area contributed by atoms with Gasteiger partial charge in [0.05, 0.1) is 0 Å². The molecule has 0 amide bonds. The van der Waals surface area contributed by atoms with Crippen molar-refractivity contribution >= 4 is 0 Å². The van der Waals surface area contributed by atoms with Gasteiger partial charge in [-0.1, -0.05) is 0 Å². The van der Waals surface area contributed by atoms with Crippen LogP contribution in [0.2, 0.25) is 0 Å². The molecule has 1 heterocycles. The summed E-state index contributed by atoms with van der Waals surface area (Å²) in [6.45, 7) is -0.482. The van der Waals surface area contributed by atoms with E-state index in [0.29, 0.717) is 4.68 Å². The van der Waals surface area contributed by atoms with Crippen LogP contribution in [0.15, 0.2) is 0 Å². The van der Waals surface area contributed by atoms with Gasteiger partial charge < -0.3 is 5.11 Å². The third-order valence-corrected chi connectivity index (χ3v) is 4.08. The molecule has 1 aromatic rings. The molecule has 1 N–H and O–H groups in total. The fraction of sp³-hybridized carbons (Fsp3) is 0.750. The van der Waals surface area contributed by atoms with Crippen LogP contribution in [0.4, 0.5) is 30.7 Å². The lowest BCUT2D eigenvalue weighted by Crippen LogP contribution is -2.33. The van der Waals surface area contributed by atoms with E-state index in [2.05, 4.69) is 5.10 Å². The van der Waals surface area contributed by atoms with E-state index in [9.17, 15) is 35.8 Å². The Bertz CT molecular complexity index is 607. The number of aliphatic hydroxyl groups excluding tert-OH is 1. The van der Waals surface area contributed by atoms with Gasteiger partial charge in [0.1, 0.15) is 6.10 Å². The van der Waals surface area contributed by atoms with Crippen LogP contribution in [0, 0.1) is 5.92 Å². The number of aliphatic hydroxyl groups is 1. The summed E-state index contributed by atoms with van der Waals surface area (Å²) < 4.78 is 92.3. The van der Waals surface area contributed by atoms with Crippen LogP contribution in [-0.4, -0.2) is 26.7 Å². The summed E-state index contributed by atoms with van der Waals surface area (Å²) in [5, 5.41) is 12.7. The Hall–Kier alpha value is -1.32. The summed E-state index contributed by atoms with van der Waals surface area (Å²) >= 11 is 0. The summed E-state index contributed by atoms with van der Waals surface area (Å²) in [7, 11) is 0. The second-order valence-electron chi connectivity index (χ2n) is 5.71. The first kappa shape index (κ1) is 15.6. The molecule has 22 heavy (non-hydrogen) atoms. The zero-order valence-corrected chi connectivity index (χ0v) is 11.0. The maximum absolute atomic E-state index is 13.5. The molecule has 0 aromatic carbocycles. The van der Waals surface area contributed by atoms with Crippen molar-refractivity contribution in [2.75, 3.05) is 0 Å². The molecule has 0 aliphatic heterocycles. The molecule has 2 atom stereocenters. The van der Waals surface area contributed by atoms with E-state index >= 15 is 0 Å². The van der Waals surface area contributed by atoms with Crippen molar-refractivity contribution in [3.05, 3.63) is 17.0 Å². The highest BCUT2D eigenvalue weighted by atomic mass is 19.4. The number of rotatable bonds is 2. The van der Waals surface area contributed by atoms with Crippen molar-refractivity contribution in [1.82, 2.24) is 9.78 Å². The van der Waals surface area contributed by atoms with Crippen LogP contribution in [0.25, 0.3) is 0 Å². The summed E-state index contributed by atoms with van der Waals surface area (Å²) in [5.74, 6) is -7.82. The minimum Gasteiger partial charge on any atom is -0.382 e. The lowest BCUT2D eigenvalue weighted by atomic mass is 9.89. The number of alkyl halides is 7. The molecule has 0 bridgehead atoms. The maximum Gasteiger partial charge on any atom is 0.435 e. The molecule has 10 heteroatoms. The Morgan fingerprint density at radius 2 is 1.77 bits per heavy atom. The highest BCUT2D eigenvalue weighted by Crippen LogP contribution is 2.51. The minimum absolute atomic E-state index is 0.242. The largest absolute Gasteiger partial charge is 0.435 e. The fourth-order valence-corrected chi connectivity index (χ4v) is 2.73. The predicted molar refractivity (Wildman–Crippen MR) is 58.5 cm³/mol. The van der Waals surface area contributed by atoms with Crippen molar-refractivity contribution in [3.8, 4) is 0 Å². The van der Waals surface area contributed by atoms with Crippen molar-refractivity contribution < 1.29 is 35.8 Å². The van der Waals surface area contributed by atoms with Crippen molar-refractivity contribution in [3.63, 3.8) is 0 Å². The van der Waals surface area contributed by atoms with Gasteiger partial charge in [-0.3, -0.25) is 4.68 Å². The molecule has 1 aromatic heterocycles. The smallest absolute Gasteiger partial charge is 0.382 e. The summed E-state index contributed by atoms with van der Waals surface area (Å²) in [6, 6.07) is 0. The van der Waals surface area contributed by atoms with Gasteiger partial charge in [0, 0.05) is 36.6 Å². The molecule has 0 saturated heterocycles. The van der Waals surface area contributed by atoms with Gasteiger partial charge in [0.2, 0.25) is 0 Å². The Morgan fingerprint density at radius 1 is 1.18 bits per heavy atom. The zero-order chi connectivity index (χ0) is 16.5. The lowest BCUT2D eigenvalue weighted by Gasteiger charge is -2.28. The predicted octanol–water partition coefficient (Wildman–Crippen LogP) is 3.17. The number of hydrogen-bond donors (Lipinski definition) is 1. The quantitative estimate of drug-likeness (QED) is 0.845. The average Bonchev–Trinajstić information content (AvgIpc) is 2.80. The summed E-state index contributed by atoms with van der Waals surface area (Å²) in [6.07, 6.45) is -9.47. The zero-order valence-electron chi connectivity index (χ0n) is 11.0. The molecular weight excluding hydrogens is 321 g/mol. The molecule has 1 saturated carbocycles. The SMILES string of the molecule is O[C@H]1c2c(C(F)(F)F)nn(CC3CC3(F)F)c2CCC1(F)F. The molecule has 2 aliphatic rings. The molecular formula is C12H11F7N2O.